The van der Waals surface area contributed by atoms with E-state index >= 15 is 0 Å². The molecule has 1 aromatic heterocycles. The van der Waals surface area contributed by atoms with Gasteiger partial charge in [0.05, 0.1) is 11.9 Å². The molecule has 0 radical (unpaired) electrons. The van der Waals surface area contributed by atoms with Gasteiger partial charge in [-0.3, -0.25) is 9.88 Å². The number of halogens is 1. The van der Waals surface area contributed by atoms with Crippen LogP contribution in [-0.2, 0) is 11.2 Å². The van der Waals surface area contributed by atoms with Crippen molar-refractivity contribution >= 4 is 5.69 Å². The van der Waals surface area contributed by atoms with Crippen molar-refractivity contribution in [3.63, 3.8) is 0 Å². The summed E-state index contributed by atoms with van der Waals surface area (Å²) in [6.07, 6.45) is 6.78. The summed E-state index contributed by atoms with van der Waals surface area (Å²) in [4.78, 5) is 9.29. The molecule has 2 aromatic carbocycles. The van der Waals surface area contributed by atoms with Crippen LogP contribution in [0.5, 0.6) is 11.5 Å². The van der Waals surface area contributed by atoms with Crippen molar-refractivity contribution in [3.8, 4) is 22.6 Å². The Hall–Kier alpha value is -2.96. The summed E-state index contributed by atoms with van der Waals surface area (Å²) in [5.41, 5.74) is 3.95. The zero-order valence-electron chi connectivity index (χ0n) is 20.5. The van der Waals surface area contributed by atoms with Gasteiger partial charge in [-0.25, -0.2) is 4.39 Å². The highest BCUT2D eigenvalue weighted by molar-refractivity contribution is 5.74. The van der Waals surface area contributed by atoms with Crippen molar-refractivity contribution in [1.82, 2.24) is 9.88 Å². The Morgan fingerprint density at radius 2 is 1.77 bits per heavy atom. The lowest BCUT2D eigenvalue weighted by atomic mass is 9.97. The van der Waals surface area contributed by atoms with Gasteiger partial charge in [-0.05, 0) is 60.6 Å². The first-order chi connectivity index (χ1) is 17.2. The third kappa shape index (κ3) is 5.65. The number of aromatic nitrogens is 1. The van der Waals surface area contributed by atoms with E-state index in [-0.39, 0.29) is 5.82 Å². The van der Waals surface area contributed by atoms with Crippen LogP contribution in [0.15, 0.2) is 60.9 Å². The van der Waals surface area contributed by atoms with Crippen LogP contribution in [0.1, 0.15) is 25.3 Å². The molecule has 5 rings (SSSR count). The summed E-state index contributed by atoms with van der Waals surface area (Å²) in [5.74, 6) is 1.82. The molecule has 2 fully saturated rings. The number of ether oxygens (including phenoxy) is 2. The number of pyridine rings is 1. The minimum Gasteiger partial charge on any atom is -0.453 e. The van der Waals surface area contributed by atoms with Crippen LogP contribution in [0.4, 0.5) is 10.1 Å². The van der Waals surface area contributed by atoms with Gasteiger partial charge in [0.25, 0.3) is 0 Å². The fourth-order valence-corrected chi connectivity index (χ4v) is 5.19. The van der Waals surface area contributed by atoms with Gasteiger partial charge >= 0.3 is 0 Å². The average Bonchev–Trinajstić information content (AvgIpc) is 2.91. The van der Waals surface area contributed by atoms with Gasteiger partial charge in [0.1, 0.15) is 11.6 Å². The van der Waals surface area contributed by atoms with Crippen LogP contribution < -0.4 is 9.64 Å². The van der Waals surface area contributed by atoms with E-state index in [4.69, 9.17) is 9.47 Å². The highest BCUT2D eigenvalue weighted by Crippen LogP contribution is 2.39. The first-order valence-corrected chi connectivity index (χ1v) is 12.8. The quantitative estimate of drug-likeness (QED) is 0.432. The summed E-state index contributed by atoms with van der Waals surface area (Å²) >= 11 is 0. The molecule has 0 saturated carbocycles. The minimum atomic E-state index is -0.273. The molecule has 3 aromatic rings. The third-order valence-corrected chi connectivity index (χ3v) is 7.18. The highest BCUT2D eigenvalue weighted by atomic mass is 19.1. The second kappa shape index (κ2) is 11.2. The fraction of sp³-hybridized carbons (Fsp3) is 0.414. The van der Waals surface area contributed by atoms with Gasteiger partial charge in [0, 0.05) is 57.7 Å². The highest BCUT2D eigenvalue weighted by Gasteiger charge is 2.24. The van der Waals surface area contributed by atoms with E-state index in [1.807, 2.05) is 30.5 Å². The maximum Gasteiger partial charge on any atom is 0.168 e. The zero-order valence-corrected chi connectivity index (χ0v) is 20.5. The van der Waals surface area contributed by atoms with Crippen molar-refractivity contribution in [3.05, 3.63) is 72.3 Å². The number of piperazine rings is 1. The van der Waals surface area contributed by atoms with Gasteiger partial charge < -0.3 is 14.4 Å². The smallest absolute Gasteiger partial charge is 0.168 e. The van der Waals surface area contributed by atoms with Gasteiger partial charge in [0.15, 0.2) is 5.75 Å². The monoisotopic (exact) mass is 475 g/mol. The molecular weight excluding hydrogens is 441 g/mol. The molecule has 3 heterocycles. The maximum atomic E-state index is 14.3. The van der Waals surface area contributed by atoms with E-state index in [9.17, 15) is 4.39 Å². The van der Waals surface area contributed by atoms with Crippen LogP contribution in [-0.4, -0.2) is 55.8 Å². The Balaban J connectivity index is 1.34. The molecule has 184 valence electrons. The number of aryl methyl sites for hydroxylation is 1. The van der Waals surface area contributed by atoms with E-state index in [2.05, 4.69) is 27.8 Å². The number of benzene rings is 2. The standard InChI is InChI=1S/C29H34FN3O2/c1-2-23-5-3-4-6-25(23)26-19-24(30)7-8-28(26)35-29-20-31-12-9-27(29)33-15-13-32(14-16-33)21-22-10-17-34-18-11-22/h3-9,12,19-20,22H,2,10-11,13-18,21H2,1H3. The Morgan fingerprint density at radius 3 is 2.57 bits per heavy atom. The number of anilines is 1. The molecule has 6 heteroatoms. The number of nitrogens with zero attached hydrogens (tertiary/aromatic N) is 3. The Morgan fingerprint density at radius 1 is 0.971 bits per heavy atom. The molecule has 2 saturated heterocycles. The van der Waals surface area contributed by atoms with Crippen LogP contribution in [0.2, 0.25) is 0 Å². The minimum absolute atomic E-state index is 0.273. The van der Waals surface area contributed by atoms with Crippen molar-refractivity contribution in [2.24, 2.45) is 5.92 Å². The molecule has 0 unspecified atom stereocenters. The Kier molecular flexibility index (Phi) is 7.60. The predicted octanol–water partition coefficient (Wildman–Crippen LogP) is 5.79. The summed E-state index contributed by atoms with van der Waals surface area (Å²) in [5, 5.41) is 0. The van der Waals surface area contributed by atoms with E-state index in [0.29, 0.717) is 11.5 Å². The van der Waals surface area contributed by atoms with Gasteiger partial charge in [-0.15, -0.1) is 0 Å². The van der Waals surface area contributed by atoms with Crippen molar-refractivity contribution in [2.45, 2.75) is 26.2 Å². The number of hydrogen-bond acceptors (Lipinski definition) is 5. The van der Waals surface area contributed by atoms with Crippen LogP contribution in [0.3, 0.4) is 0 Å². The van der Waals surface area contributed by atoms with Crippen LogP contribution in [0.25, 0.3) is 11.1 Å². The van der Waals surface area contributed by atoms with Crippen molar-refractivity contribution in [2.75, 3.05) is 50.8 Å². The van der Waals surface area contributed by atoms with Crippen LogP contribution in [0, 0.1) is 11.7 Å². The molecule has 2 aliphatic heterocycles. The summed E-state index contributed by atoms with van der Waals surface area (Å²) in [7, 11) is 0. The second-order valence-corrected chi connectivity index (χ2v) is 9.44. The zero-order chi connectivity index (χ0) is 24.0. The molecule has 0 spiro atoms. The maximum absolute atomic E-state index is 14.3. The normalized spacial score (nSPS) is 17.5. The fourth-order valence-electron chi connectivity index (χ4n) is 5.19. The summed E-state index contributed by atoms with van der Waals surface area (Å²) in [6, 6.07) is 14.9. The first kappa shape index (κ1) is 23.8. The summed E-state index contributed by atoms with van der Waals surface area (Å²) in [6.45, 7) is 9.02. The van der Waals surface area contributed by atoms with Crippen molar-refractivity contribution < 1.29 is 13.9 Å². The molecule has 5 nitrogen and oxygen atoms in total. The van der Waals surface area contributed by atoms with E-state index in [1.165, 1.54) is 18.9 Å². The van der Waals surface area contributed by atoms with E-state index < -0.39 is 0 Å². The Labute approximate surface area is 207 Å². The van der Waals surface area contributed by atoms with Crippen molar-refractivity contribution in [1.29, 1.82) is 0 Å². The first-order valence-electron chi connectivity index (χ1n) is 12.8. The lowest BCUT2D eigenvalue weighted by Crippen LogP contribution is -2.48. The largest absolute Gasteiger partial charge is 0.453 e. The lowest BCUT2D eigenvalue weighted by molar-refractivity contribution is 0.0517. The molecular formula is C29H34FN3O2. The third-order valence-electron chi connectivity index (χ3n) is 7.18. The average molecular weight is 476 g/mol. The molecule has 2 aliphatic rings. The molecule has 0 amide bonds. The van der Waals surface area contributed by atoms with Crippen LogP contribution >= 0.6 is 0 Å². The van der Waals surface area contributed by atoms with E-state index in [0.717, 1.165) is 80.7 Å². The molecule has 0 aliphatic carbocycles. The second-order valence-electron chi connectivity index (χ2n) is 9.44. The van der Waals surface area contributed by atoms with Gasteiger partial charge in [0.2, 0.25) is 0 Å². The lowest BCUT2D eigenvalue weighted by Gasteiger charge is -2.38. The van der Waals surface area contributed by atoms with Gasteiger partial charge in [-0.2, -0.15) is 0 Å². The summed E-state index contributed by atoms with van der Waals surface area (Å²) < 4.78 is 26.3. The topological polar surface area (TPSA) is 37.8 Å². The predicted molar refractivity (Wildman–Crippen MR) is 138 cm³/mol. The molecule has 0 atom stereocenters. The molecule has 0 N–H and O–H groups in total. The molecule has 0 bridgehead atoms. The number of hydrogen-bond donors (Lipinski definition) is 0. The van der Waals surface area contributed by atoms with E-state index in [1.54, 1.807) is 18.3 Å². The van der Waals surface area contributed by atoms with Gasteiger partial charge in [-0.1, -0.05) is 31.2 Å². The number of rotatable bonds is 7. The SMILES string of the molecule is CCc1ccccc1-c1cc(F)ccc1Oc1cnccc1N1CCN(CC2CCOCC2)CC1. The molecule has 35 heavy (non-hydrogen) atoms. The Bertz CT molecular complexity index is 1120.